The van der Waals surface area contributed by atoms with E-state index in [2.05, 4.69) is 10.6 Å². The van der Waals surface area contributed by atoms with Gasteiger partial charge in [-0.2, -0.15) is 0 Å². The number of benzene rings is 2. The number of amides is 2. The van der Waals surface area contributed by atoms with Crippen molar-refractivity contribution in [3.05, 3.63) is 69.7 Å². The average Bonchev–Trinajstić information content (AvgIpc) is 3.13. The monoisotopic (exact) mass is 458 g/mol. The Morgan fingerprint density at radius 2 is 1.11 bits per heavy atom. The van der Waals surface area contributed by atoms with E-state index in [0.29, 0.717) is 34.3 Å². The highest BCUT2D eigenvalue weighted by Gasteiger charge is 2.27. The third-order valence-electron chi connectivity index (χ3n) is 3.65. The maximum absolute atomic E-state index is 12.1. The molecule has 2 aromatic rings. The number of hydrogen-bond acceptors (Lipinski definition) is 5. The lowest BCUT2D eigenvalue weighted by Crippen LogP contribution is -2.30. The lowest BCUT2D eigenvalue weighted by molar-refractivity contribution is 0.0948. The molecule has 1 heterocycles. The van der Waals surface area contributed by atoms with E-state index in [9.17, 15) is 9.59 Å². The quantitative estimate of drug-likeness (QED) is 0.600. The van der Waals surface area contributed by atoms with E-state index in [0.717, 1.165) is 0 Å². The number of hydrogen-bond donors (Lipinski definition) is 2. The van der Waals surface area contributed by atoms with Gasteiger partial charge in [0.1, 0.15) is 0 Å². The van der Waals surface area contributed by atoms with E-state index in [1.165, 1.54) is 0 Å². The fourth-order valence-corrected chi connectivity index (χ4v) is 7.93. The normalized spacial score (nSPS) is 18.9. The minimum atomic E-state index is -0.114. The third-order valence-corrected chi connectivity index (χ3v) is 9.67. The zero-order valence-electron chi connectivity index (χ0n) is 14.0. The first-order valence-electron chi connectivity index (χ1n) is 8.06. The summed E-state index contributed by atoms with van der Waals surface area (Å²) in [5.41, 5.74) is 1.18. The summed E-state index contributed by atoms with van der Waals surface area (Å²) >= 11 is 13.4. The first-order chi connectivity index (χ1) is 13.0. The number of nitrogens with one attached hydrogen (secondary N) is 2. The minimum Gasteiger partial charge on any atom is -0.350 e. The van der Waals surface area contributed by atoms with Crippen molar-refractivity contribution in [1.29, 1.82) is 0 Å². The van der Waals surface area contributed by atoms with Crippen molar-refractivity contribution in [1.82, 2.24) is 10.6 Å². The molecule has 1 aliphatic heterocycles. The maximum Gasteiger partial charge on any atom is 0.251 e. The van der Waals surface area contributed by atoms with Gasteiger partial charge in [-0.05, 0) is 48.5 Å². The second kappa shape index (κ2) is 9.98. The van der Waals surface area contributed by atoms with Gasteiger partial charge >= 0.3 is 0 Å². The molecule has 0 saturated carbocycles. The molecule has 142 valence electrons. The van der Waals surface area contributed by atoms with Gasteiger partial charge in [0.05, 0.1) is 9.16 Å². The second-order valence-corrected chi connectivity index (χ2v) is 11.2. The van der Waals surface area contributed by atoms with Gasteiger partial charge in [0, 0.05) is 34.3 Å². The number of thioether (sulfide) groups is 1. The summed E-state index contributed by atoms with van der Waals surface area (Å²) in [7, 11) is 3.43. The highest BCUT2D eigenvalue weighted by molar-refractivity contribution is 8.82. The van der Waals surface area contributed by atoms with Crippen LogP contribution in [-0.2, 0) is 0 Å². The molecule has 2 amide bonds. The predicted octanol–water partition coefficient (Wildman–Crippen LogP) is 4.93. The van der Waals surface area contributed by atoms with Gasteiger partial charge < -0.3 is 10.6 Å². The van der Waals surface area contributed by atoms with Gasteiger partial charge in [0.2, 0.25) is 0 Å². The van der Waals surface area contributed by atoms with E-state index in [-0.39, 0.29) is 21.0 Å². The average molecular weight is 459 g/mol. The van der Waals surface area contributed by atoms with Crippen molar-refractivity contribution in [2.24, 2.45) is 0 Å². The Hall–Kier alpha value is -0.990. The summed E-state index contributed by atoms with van der Waals surface area (Å²) < 4.78 is 0.479. The van der Waals surface area contributed by atoms with Crippen molar-refractivity contribution in [2.45, 2.75) is 9.16 Å². The molecule has 0 bridgehead atoms. The molecule has 2 N–H and O–H groups in total. The standard InChI is InChI=1S/C18H16Cl2N2O2S3/c19-13-5-1-11(2-6-13)17(23)21-9-15-25-16(27-26-15)10-22-18(24)12-3-7-14(20)8-4-12/h1-8,15-16H,9-10H2,(H,21,23)(H,22,24)/t15-,16-/m1/s1. The van der Waals surface area contributed by atoms with Crippen LogP contribution in [0.1, 0.15) is 20.7 Å². The van der Waals surface area contributed by atoms with Crippen LogP contribution in [0.25, 0.3) is 0 Å². The van der Waals surface area contributed by atoms with Crippen LogP contribution in [0, 0.1) is 0 Å². The van der Waals surface area contributed by atoms with Crippen molar-refractivity contribution in [3.63, 3.8) is 0 Å². The highest BCUT2D eigenvalue weighted by atomic mass is 35.5. The Bertz CT molecular complexity index is 736. The van der Waals surface area contributed by atoms with Crippen molar-refractivity contribution >= 4 is 68.4 Å². The van der Waals surface area contributed by atoms with Crippen LogP contribution >= 0.6 is 56.6 Å². The molecule has 0 radical (unpaired) electrons. The molecule has 1 saturated heterocycles. The van der Waals surface area contributed by atoms with Crippen LogP contribution in [0.4, 0.5) is 0 Å². The second-order valence-electron chi connectivity index (χ2n) is 5.62. The molecule has 9 heteroatoms. The molecule has 1 aliphatic rings. The molecule has 3 rings (SSSR count). The lowest BCUT2D eigenvalue weighted by atomic mass is 10.2. The van der Waals surface area contributed by atoms with Gasteiger partial charge in [-0.1, -0.05) is 44.8 Å². The zero-order valence-corrected chi connectivity index (χ0v) is 17.9. The van der Waals surface area contributed by atoms with E-state index >= 15 is 0 Å². The predicted molar refractivity (Wildman–Crippen MR) is 118 cm³/mol. The van der Waals surface area contributed by atoms with Crippen molar-refractivity contribution < 1.29 is 9.59 Å². The Kier molecular flexibility index (Phi) is 7.66. The van der Waals surface area contributed by atoms with E-state index in [4.69, 9.17) is 23.2 Å². The van der Waals surface area contributed by atoms with Crippen LogP contribution in [0.2, 0.25) is 10.0 Å². The van der Waals surface area contributed by atoms with E-state index in [1.807, 2.05) is 0 Å². The van der Waals surface area contributed by atoms with Crippen molar-refractivity contribution in [3.8, 4) is 0 Å². The molecule has 2 atom stereocenters. The number of halogens is 2. The van der Waals surface area contributed by atoms with Gasteiger partial charge in [-0.25, -0.2) is 0 Å². The summed E-state index contributed by atoms with van der Waals surface area (Å²) in [5.74, 6) is -0.227. The van der Waals surface area contributed by atoms with Gasteiger partial charge in [0.25, 0.3) is 11.8 Å². The SMILES string of the molecule is O=C(NC[C@H]1SS[C@H](CNC(=O)c2ccc(Cl)cc2)S1)c1ccc(Cl)cc1. The van der Waals surface area contributed by atoms with Crippen LogP contribution in [0.5, 0.6) is 0 Å². The molecular formula is C18H16Cl2N2O2S3. The summed E-state index contributed by atoms with van der Waals surface area (Å²) in [4.78, 5) is 24.3. The molecule has 27 heavy (non-hydrogen) atoms. The van der Waals surface area contributed by atoms with Crippen LogP contribution in [0.3, 0.4) is 0 Å². The lowest BCUT2D eigenvalue weighted by Gasteiger charge is -2.11. The molecule has 0 aliphatic carbocycles. The topological polar surface area (TPSA) is 58.2 Å². The van der Waals surface area contributed by atoms with E-state index in [1.54, 1.807) is 81.9 Å². The fourth-order valence-electron chi connectivity index (χ4n) is 2.26. The number of carbonyl (C=O) groups is 2. The number of rotatable bonds is 6. The summed E-state index contributed by atoms with van der Waals surface area (Å²) in [5, 5.41) is 7.09. The Morgan fingerprint density at radius 3 is 1.48 bits per heavy atom. The maximum atomic E-state index is 12.1. The van der Waals surface area contributed by atoms with Crippen LogP contribution in [0.15, 0.2) is 48.5 Å². The summed E-state index contributed by atoms with van der Waals surface area (Å²) in [6, 6.07) is 13.6. The van der Waals surface area contributed by atoms with Gasteiger partial charge in [-0.3, -0.25) is 9.59 Å². The molecule has 0 spiro atoms. The summed E-state index contributed by atoms with van der Waals surface area (Å²) in [6.45, 7) is 1.12. The van der Waals surface area contributed by atoms with E-state index < -0.39 is 0 Å². The number of carbonyl (C=O) groups excluding carboxylic acids is 2. The Balaban J connectivity index is 1.39. The van der Waals surface area contributed by atoms with Gasteiger partial charge in [-0.15, -0.1) is 11.8 Å². The van der Waals surface area contributed by atoms with Crippen LogP contribution < -0.4 is 10.6 Å². The molecule has 0 unspecified atom stereocenters. The Morgan fingerprint density at radius 1 is 0.741 bits per heavy atom. The molecule has 4 nitrogen and oxygen atoms in total. The first-order valence-corrected chi connectivity index (χ1v) is 12.0. The first kappa shape index (κ1) is 20.7. The fraction of sp³-hybridized carbons (Fsp3) is 0.222. The molecule has 2 aromatic carbocycles. The highest BCUT2D eigenvalue weighted by Crippen LogP contribution is 2.50. The Labute approximate surface area is 179 Å². The largest absolute Gasteiger partial charge is 0.350 e. The van der Waals surface area contributed by atoms with Crippen LogP contribution in [-0.4, -0.2) is 34.1 Å². The molecule has 0 aromatic heterocycles. The van der Waals surface area contributed by atoms with Crippen molar-refractivity contribution in [2.75, 3.05) is 13.1 Å². The third kappa shape index (κ3) is 6.26. The zero-order chi connectivity index (χ0) is 19.2. The smallest absolute Gasteiger partial charge is 0.251 e. The molecular weight excluding hydrogens is 443 g/mol. The minimum absolute atomic E-state index is 0.114. The van der Waals surface area contributed by atoms with Gasteiger partial charge in [0.15, 0.2) is 0 Å². The molecule has 1 fully saturated rings. The summed E-state index contributed by atoms with van der Waals surface area (Å²) in [6.07, 6.45) is 0.